The zero-order valence-corrected chi connectivity index (χ0v) is 10.8. The van der Waals surface area contributed by atoms with Crippen molar-refractivity contribution in [2.75, 3.05) is 13.2 Å². The van der Waals surface area contributed by atoms with E-state index in [-0.39, 0.29) is 12.1 Å². The molecule has 1 saturated heterocycles. The van der Waals surface area contributed by atoms with Crippen molar-refractivity contribution in [1.29, 1.82) is 0 Å². The largest absolute Gasteiger partial charge is 0.444 e. The van der Waals surface area contributed by atoms with E-state index in [9.17, 15) is 4.79 Å². The van der Waals surface area contributed by atoms with E-state index < -0.39 is 5.60 Å². The Kier molecular flexibility index (Phi) is 3.58. The van der Waals surface area contributed by atoms with E-state index in [1.807, 2.05) is 20.8 Å². The molecular weight excluding hydrogens is 220 g/mol. The Balaban J connectivity index is 1.58. The molecule has 2 fully saturated rings. The van der Waals surface area contributed by atoms with E-state index in [1.54, 1.807) is 0 Å². The lowest BCUT2D eigenvalue weighted by molar-refractivity contribution is -0.0170. The molecule has 1 saturated carbocycles. The molecule has 0 radical (unpaired) electrons. The van der Waals surface area contributed by atoms with Crippen LogP contribution in [0.1, 0.15) is 33.6 Å². The Morgan fingerprint density at radius 2 is 1.82 bits per heavy atom. The molecule has 0 aromatic carbocycles. The monoisotopic (exact) mass is 242 g/mol. The molecule has 0 aromatic rings. The summed E-state index contributed by atoms with van der Waals surface area (Å²) in [6, 6.07) is 1.29. The van der Waals surface area contributed by atoms with Crippen molar-refractivity contribution >= 4 is 6.09 Å². The minimum Gasteiger partial charge on any atom is -0.444 e. The van der Waals surface area contributed by atoms with Crippen molar-refractivity contribution < 1.29 is 14.3 Å². The van der Waals surface area contributed by atoms with Crippen LogP contribution < -0.4 is 10.6 Å². The van der Waals surface area contributed by atoms with Gasteiger partial charge >= 0.3 is 6.09 Å². The maximum Gasteiger partial charge on any atom is 0.407 e. The molecule has 2 aliphatic rings. The first kappa shape index (κ1) is 12.6. The van der Waals surface area contributed by atoms with Crippen molar-refractivity contribution in [3.05, 3.63) is 0 Å². The summed E-state index contributed by atoms with van der Waals surface area (Å²) < 4.78 is 10.3. The van der Waals surface area contributed by atoms with Crippen LogP contribution in [0.15, 0.2) is 0 Å². The molecule has 0 bridgehead atoms. The van der Waals surface area contributed by atoms with Gasteiger partial charge in [-0.15, -0.1) is 0 Å². The predicted octanol–water partition coefficient (Wildman–Crippen LogP) is 1.03. The summed E-state index contributed by atoms with van der Waals surface area (Å²) in [4.78, 5) is 11.5. The quantitative estimate of drug-likeness (QED) is 0.776. The number of alkyl carbamates (subject to hydrolysis) is 1. The Morgan fingerprint density at radius 1 is 1.18 bits per heavy atom. The van der Waals surface area contributed by atoms with Crippen LogP contribution in [0.25, 0.3) is 0 Å². The van der Waals surface area contributed by atoms with Crippen molar-refractivity contribution in [2.24, 2.45) is 0 Å². The molecular formula is C12H22N2O3. The summed E-state index contributed by atoms with van der Waals surface area (Å²) in [5, 5.41) is 6.37. The lowest BCUT2D eigenvalue weighted by Gasteiger charge is -2.40. The summed E-state index contributed by atoms with van der Waals surface area (Å²) in [5.74, 6) is 0. The lowest BCUT2D eigenvalue weighted by Crippen LogP contribution is -2.59. The molecule has 5 nitrogen and oxygen atoms in total. The molecule has 98 valence electrons. The maximum atomic E-state index is 11.5. The number of amides is 1. The highest BCUT2D eigenvalue weighted by atomic mass is 16.6. The highest BCUT2D eigenvalue weighted by molar-refractivity contribution is 5.68. The third-order valence-electron chi connectivity index (χ3n) is 2.97. The number of hydrogen-bond acceptors (Lipinski definition) is 4. The van der Waals surface area contributed by atoms with Crippen molar-refractivity contribution in [3.8, 4) is 0 Å². The smallest absolute Gasteiger partial charge is 0.407 e. The van der Waals surface area contributed by atoms with E-state index in [0.29, 0.717) is 12.1 Å². The second-order valence-corrected chi connectivity index (χ2v) is 5.91. The van der Waals surface area contributed by atoms with Crippen LogP contribution in [0.5, 0.6) is 0 Å². The first-order valence-corrected chi connectivity index (χ1v) is 6.26. The van der Waals surface area contributed by atoms with Gasteiger partial charge in [-0.05, 0) is 33.6 Å². The lowest BCUT2D eigenvalue weighted by atomic mass is 9.86. The van der Waals surface area contributed by atoms with Crippen LogP contribution in [-0.4, -0.2) is 43.0 Å². The highest BCUT2D eigenvalue weighted by Gasteiger charge is 2.34. The minimum atomic E-state index is -0.422. The maximum absolute atomic E-state index is 11.5. The number of carbonyl (C=O) groups excluding carboxylic acids is 1. The van der Waals surface area contributed by atoms with Gasteiger partial charge in [0.25, 0.3) is 0 Å². The molecule has 0 atom stereocenters. The number of hydrogen-bond donors (Lipinski definition) is 2. The third kappa shape index (κ3) is 3.85. The van der Waals surface area contributed by atoms with Crippen LogP contribution in [0.4, 0.5) is 4.79 Å². The fourth-order valence-corrected chi connectivity index (χ4v) is 2.01. The highest BCUT2D eigenvalue weighted by Crippen LogP contribution is 2.22. The predicted molar refractivity (Wildman–Crippen MR) is 63.9 cm³/mol. The van der Waals surface area contributed by atoms with Gasteiger partial charge < -0.3 is 20.1 Å². The van der Waals surface area contributed by atoms with Gasteiger partial charge in [-0.3, -0.25) is 0 Å². The van der Waals surface area contributed by atoms with Gasteiger partial charge in [-0.1, -0.05) is 0 Å². The second-order valence-electron chi connectivity index (χ2n) is 5.91. The molecule has 0 spiro atoms. The van der Waals surface area contributed by atoms with Crippen molar-refractivity contribution in [2.45, 2.75) is 57.3 Å². The number of rotatable bonds is 3. The fourth-order valence-electron chi connectivity index (χ4n) is 2.01. The molecule has 1 aliphatic carbocycles. The molecule has 2 rings (SSSR count). The molecule has 2 N–H and O–H groups in total. The summed E-state index contributed by atoms with van der Waals surface area (Å²) in [5.41, 5.74) is -0.422. The third-order valence-corrected chi connectivity index (χ3v) is 2.97. The zero-order valence-electron chi connectivity index (χ0n) is 10.8. The van der Waals surface area contributed by atoms with Gasteiger partial charge in [0.2, 0.25) is 0 Å². The van der Waals surface area contributed by atoms with Crippen LogP contribution in [0.2, 0.25) is 0 Å². The molecule has 1 aliphatic heterocycles. The normalized spacial score (nSPS) is 29.1. The molecule has 5 heteroatoms. The molecule has 1 heterocycles. The number of ether oxygens (including phenoxy) is 2. The second kappa shape index (κ2) is 4.82. The zero-order chi connectivity index (χ0) is 12.5. The molecule has 17 heavy (non-hydrogen) atoms. The average Bonchev–Trinajstić information content (AvgIpc) is 2.01. The summed E-state index contributed by atoms with van der Waals surface area (Å²) in [7, 11) is 0. The first-order valence-electron chi connectivity index (χ1n) is 6.26. The summed E-state index contributed by atoms with van der Waals surface area (Å²) in [6.45, 7) is 7.25. The fraction of sp³-hybridized carbons (Fsp3) is 0.917. The van der Waals surface area contributed by atoms with Crippen LogP contribution in [0.3, 0.4) is 0 Å². The van der Waals surface area contributed by atoms with E-state index in [0.717, 1.165) is 26.1 Å². The van der Waals surface area contributed by atoms with E-state index in [4.69, 9.17) is 9.47 Å². The van der Waals surface area contributed by atoms with Crippen molar-refractivity contribution in [1.82, 2.24) is 10.6 Å². The summed E-state index contributed by atoms with van der Waals surface area (Å²) in [6.07, 6.45) is 1.65. The van der Waals surface area contributed by atoms with Crippen LogP contribution in [0, 0.1) is 0 Å². The van der Waals surface area contributed by atoms with Crippen LogP contribution in [-0.2, 0) is 9.47 Å². The van der Waals surface area contributed by atoms with E-state index in [2.05, 4.69) is 10.6 Å². The van der Waals surface area contributed by atoms with Gasteiger partial charge in [-0.2, -0.15) is 0 Å². The van der Waals surface area contributed by atoms with Gasteiger partial charge in [0.15, 0.2) is 0 Å². The SMILES string of the molecule is CC(C)(C)OC(=O)NC1CC(NC2COC2)C1. The van der Waals surface area contributed by atoms with Crippen LogP contribution >= 0.6 is 0 Å². The summed E-state index contributed by atoms with van der Waals surface area (Å²) >= 11 is 0. The van der Waals surface area contributed by atoms with Gasteiger partial charge in [0.1, 0.15) is 5.60 Å². The van der Waals surface area contributed by atoms with E-state index >= 15 is 0 Å². The Labute approximate surface area is 102 Å². The molecule has 1 amide bonds. The van der Waals surface area contributed by atoms with E-state index in [1.165, 1.54) is 0 Å². The van der Waals surface area contributed by atoms with Gasteiger partial charge in [0.05, 0.1) is 19.3 Å². The molecule has 0 aromatic heterocycles. The number of carbonyl (C=O) groups is 1. The van der Waals surface area contributed by atoms with Gasteiger partial charge in [-0.25, -0.2) is 4.79 Å². The van der Waals surface area contributed by atoms with Gasteiger partial charge in [0, 0.05) is 12.1 Å². The Morgan fingerprint density at radius 3 is 2.29 bits per heavy atom. The standard InChI is InChI=1S/C12H22N2O3/c1-12(2,3)17-11(15)14-9-4-8(5-9)13-10-6-16-7-10/h8-10,13H,4-7H2,1-3H3,(H,14,15). The first-order chi connectivity index (χ1) is 7.92. The molecule has 0 unspecified atom stereocenters. The average molecular weight is 242 g/mol. The number of nitrogens with one attached hydrogen (secondary N) is 2. The topological polar surface area (TPSA) is 59.6 Å². The minimum absolute atomic E-state index is 0.253. The Bertz CT molecular complexity index is 278. The van der Waals surface area contributed by atoms with Crippen molar-refractivity contribution in [3.63, 3.8) is 0 Å². The Hall–Kier alpha value is -0.810.